The molecule has 0 aliphatic carbocycles. The van der Waals surface area contributed by atoms with E-state index in [9.17, 15) is 19.2 Å². The van der Waals surface area contributed by atoms with Crippen molar-refractivity contribution < 1.29 is 19.2 Å². The van der Waals surface area contributed by atoms with E-state index < -0.39 is 12.1 Å². The molecule has 11 heteroatoms. The molecule has 4 heterocycles. The van der Waals surface area contributed by atoms with Crippen LogP contribution >= 0.6 is 0 Å². The second-order valence-corrected chi connectivity index (χ2v) is 14.7. The van der Waals surface area contributed by atoms with Crippen molar-refractivity contribution in [2.45, 2.75) is 103 Å². The van der Waals surface area contributed by atoms with Crippen molar-refractivity contribution in [1.29, 1.82) is 0 Å². The minimum atomic E-state index is -0.974. The number of aryl methyl sites for hydroxylation is 2. The van der Waals surface area contributed by atoms with Crippen LogP contribution in [0.25, 0.3) is 0 Å². The Kier molecular flexibility index (Phi) is 11.7. The molecule has 3 N–H and O–H groups in total. The summed E-state index contributed by atoms with van der Waals surface area (Å²) in [5.41, 5.74) is 5.01. The molecule has 11 nitrogen and oxygen atoms in total. The number of benzene rings is 2. The lowest BCUT2D eigenvalue weighted by molar-refractivity contribution is -0.141. The molecule has 0 saturated carbocycles. The lowest BCUT2D eigenvalue weighted by Crippen LogP contribution is -2.56. The summed E-state index contributed by atoms with van der Waals surface area (Å²) in [6, 6.07) is 13.5. The molecule has 0 bridgehead atoms. The number of amides is 5. The van der Waals surface area contributed by atoms with Crippen molar-refractivity contribution in [3.05, 3.63) is 64.7 Å². The highest BCUT2D eigenvalue weighted by atomic mass is 16.2. The number of hydrogen-bond acceptors (Lipinski definition) is 6. The van der Waals surface area contributed by atoms with Gasteiger partial charge in [-0.1, -0.05) is 42.8 Å². The van der Waals surface area contributed by atoms with Crippen molar-refractivity contribution in [2.24, 2.45) is 0 Å². The summed E-state index contributed by atoms with van der Waals surface area (Å²) in [5, 5.41) is 9.17. The molecule has 4 fully saturated rings. The van der Waals surface area contributed by atoms with Gasteiger partial charge < -0.3 is 35.6 Å². The third kappa shape index (κ3) is 9.03. The average molecular weight is 686 g/mol. The highest BCUT2D eigenvalue weighted by Gasteiger charge is 2.36. The Morgan fingerprint density at radius 3 is 2.24 bits per heavy atom. The first-order valence-electron chi connectivity index (χ1n) is 18.7. The number of hydrogen-bond donors (Lipinski definition) is 3. The maximum Gasteiger partial charge on any atom is 0.319 e. The van der Waals surface area contributed by atoms with E-state index in [2.05, 4.69) is 33.0 Å². The van der Waals surface area contributed by atoms with E-state index in [1.165, 1.54) is 24.8 Å². The molecule has 2 aromatic carbocycles. The van der Waals surface area contributed by atoms with E-state index in [1.807, 2.05) is 54.0 Å². The number of piperidine rings is 3. The number of anilines is 1. The smallest absolute Gasteiger partial charge is 0.319 e. The molecule has 50 heavy (non-hydrogen) atoms. The first-order chi connectivity index (χ1) is 24.2. The van der Waals surface area contributed by atoms with Crippen molar-refractivity contribution >= 4 is 29.4 Å². The topological polar surface area (TPSA) is 127 Å². The fourth-order valence-corrected chi connectivity index (χ4v) is 8.05. The van der Waals surface area contributed by atoms with Crippen LogP contribution in [0.2, 0.25) is 0 Å². The minimum Gasteiger partial charge on any atom is -0.342 e. The van der Waals surface area contributed by atoms with Crippen LogP contribution in [0.4, 0.5) is 10.5 Å². The van der Waals surface area contributed by atoms with Crippen molar-refractivity contribution in [3.63, 3.8) is 0 Å². The number of nitrogens with one attached hydrogen (secondary N) is 3. The van der Waals surface area contributed by atoms with Gasteiger partial charge in [0.05, 0.1) is 6.42 Å². The zero-order chi connectivity index (χ0) is 35.2. The molecular weight excluding hydrogens is 630 g/mol. The van der Waals surface area contributed by atoms with Crippen LogP contribution in [-0.2, 0) is 20.9 Å². The summed E-state index contributed by atoms with van der Waals surface area (Å²) >= 11 is 0. The predicted octanol–water partition coefficient (Wildman–Crippen LogP) is 4.34. The molecule has 0 aromatic heterocycles. The third-order valence-electron chi connectivity index (χ3n) is 11.1. The number of rotatable bonds is 10. The SMILES string of the molecule is CC(=O)N(Cc1ccccc1C1CN1)C1CCN(C(=O)C[C@H](NC(=O)Nc2cc(C)ccc2C)C(=O)N2CCC(N3CCCCC3)CC2)CC1. The van der Waals surface area contributed by atoms with Crippen LogP contribution < -0.4 is 16.0 Å². The van der Waals surface area contributed by atoms with Crippen LogP contribution in [0, 0.1) is 13.8 Å². The Balaban J connectivity index is 1.08. The molecule has 6 rings (SSSR count). The molecule has 4 aliphatic heterocycles. The third-order valence-corrected chi connectivity index (χ3v) is 11.1. The van der Waals surface area contributed by atoms with Crippen LogP contribution in [-0.4, -0.2) is 107 Å². The van der Waals surface area contributed by atoms with Crippen LogP contribution in [0.15, 0.2) is 42.5 Å². The summed E-state index contributed by atoms with van der Waals surface area (Å²) in [5.74, 6) is -0.327. The average Bonchev–Trinajstić information content (AvgIpc) is 3.98. The molecule has 4 saturated heterocycles. The van der Waals surface area contributed by atoms with E-state index in [0.29, 0.717) is 63.3 Å². The Morgan fingerprint density at radius 2 is 1.56 bits per heavy atom. The van der Waals surface area contributed by atoms with Crippen LogP contribution in [0.5, 0.6) is 0 Å². The second kappa shape index (κ2) is 16.4. The number of urea groups is 1. The highest BCUT2D eigenvalue weighted by molar-refractivity contribution is 5.96. The molecule has 1 unspecified atom stereocenters. The van der Waals surface area contributed by atoms with Crippen molar-refractivity contribution in [2.75, 3.05) is 51.1 Å². The number of carbonyl (C=O) groups is 4. The summed E-state index contributed by atoms with van der Waals surface area (Å²) in [7, 11) is 0. The van der Waals surface area contributed by atoms with E-state index >= 15 is 0 Å². The quantitative estimate of drug-likeness (QED) is 0.320. The molecule has 270 valence electrons. The van der Waals surface area contributed by atoms with Crippen molar-refractivity contribution in [1.82, 2.24) is 30.2 Å². The largest absolute Gasteiger partial charge is 0.342 e. The number of likely N-dealkylation sites (tertiary alicyclic amines) is 3. The molecule has 2 atom stereocenters. The molecule has 0 radical (unpaired) electrons. The summed E-state index contributed by atoms with van der Waals surface area (Å²) in [6.07, 6.45) is 6.80. The van der Waals surface area contributed by atoms with Gasteiger partial charge >= 0.3 is 6.03 Å². The molecule has 4 aliphatic rings. The van der Waals surface area contributed by atoms with Gasteiger partial charge in [0.2, 0.25) is 17.7 Å². The first-order valence-corrected chi connectivity index (χ1v) is 18.7. The Labute approximate surface area is 297 Å². The fraction of sp³-hybridized carbons (Fsp3) is 0.590. The standard InChI is InChI=1S/C39H55N7O4/c1-27-11-12-28(2)34(23-27)41-39(50)42-35(38(49)45-21-13-31(14-22-45)43-17-7-4-8-18-43)24-37(48)44-19-15-32(16-20-44)46(29(3)47)26-30-9-5-6-10-33(30)36-25-40-36/h5-6,9-12,23,31-32,35-36,40H,4,7-8,13-22,24-26H2,1-3H3,(H2,41,42,50)/t35-,36?/m0/s1. The van der Waals surface area contributed by atoms with Gasteiger partial charge in [-0.3, -0.25) is 14.4 Å². The van der Waals surface area contributed by atoms with Gasteiger partial charge in [0.25, 0.3) is 0 Å². The van der Waals surface area contributed by atoms with Gasteiger partial charge in [0.1, 0.15) is 6.04 Å². The van der Waals surface area contributed by atoms with Crippen LogP contribution in [0.1, 0.15) is 86.6 Å². The predicted molar refractivity (Wildman–Crippen MR) is 195 cm³/mol. The monoisotopic (exact) mass is 685 g/mol. The lowest BCUT2D eigenvalue weighted by atomic mass is 9.98. The molecule has 5 amide bonds. The zero-order valence-corrected chi connectivity index (χ0v) is 30.1. The van der Waals surface area contributed by atoms with Gasteiger partial charge in [0, 0.05) is 70.0 Å². The normalized spacial score (nSPS) is 21.0. The zero-order valence-electron chi connectivity index (χ0n) is 30.1. The van der Waals surface area contributed by atoms with Gasteiger partial charge in [-0.05, 0) is 93.8 Å². The Hall–Kier alpha value is -3.96. The second-order valence-electron chi connectivity index (χ2n) is 14.7. The fourth-order valence-electron chi connectivity index (χ4n) is 8.05. The van der Waals surface area contributed by atoms with E-state index in [0.717, 1.165) is 49.2 Å². The van der Waals surface area contributed by atoms with Gasteiger partial charge in [0.15, 0.2) is 0 Å². The van der Waals surface area contributed by atoms with Crippen molar-refractivity contribution in [3.8, 4) is 0 Å². The summed E-state index contributed by atoms with van der Waals surface area (Å²) in [6.45, 7) is 11.5. The Bertz CT molecular complexity index is 1520. The molecule has 0 spiro atoms. The highest BCUT2D eigenvalue weighted by Crippen LogP contribution is 2.28. The molecular formula is C39H55N7O4. The van der Waals surface area contributed by atoms with Gasteiger partial charge in [-0.2, -0.15) is 0 Å². The maximum absolute atomic E-state index is 14.0. The summed E-state index contributed by atoms with van der Waals surface area (Å²) < 4.78 is 0. The van der Waals surface area contributed by atoms with E-state index in [-0.39, 0.29) is 30.2 Å². The van der Waals surface area contributed by atoms with E-state index in [1.54, 1.807) is 11.8 Å². The molecule has 2 aromatic rings. The first kappa shape index (κ1) is 35.9. The maximum atomic E-state index is 14.0. The summed E-state index contributed by atoms with van der Waals surface area (Å²) in [4.78, 5) is 62.2. The Morgan fingerprint density at radius 1 is 0.880 bits per heavy atom. The minimum absolute atomic E-state index is 0.0249. The van der Waals surface area contributed by atoms with Crippen LogP contribution in [0.3, 0.4) is 0 Å². The van der Waals surface area contributed by atoms with E-state index in [4.69, 9.17) is 0 Å². The number of carbonyl (C=O) groups excluding carboxylic acids is 4. The van der Waals surface area contributed by atoms with Gasteiger partial charge in [-0.25, -0.2) is 4.79 Å². The van der Waals surface area contributed by atoms with Gasteiger partial charge in [-0.15, -0.1) is 0 Å². The number of nitrogens with zero attached hydrogens (tertiary/aromatic N) is 4. The lowest BCUT2D eigenvalue weighted by Gasteiger charge is -2.41.